The molecule has 0 atom stereocenters. The Balaban J connectivity index is 1.22. The molecular weight excluding hydrogens is 508 g/mol. The van der Waals surface area contributed by atoms with E-state index in [4.69, 9.17) is 21.3 Å². The van der Waals surface area contributed by atoms with Crippen molar-refractivity contribution in [3.63, 3.8) is 0 Å². The van der Waals surface area contributed by atoms with Crippen molar-refractivity contribution in [1.29, 1.82) is 0 Å². The highest BCUT2D eigenvalue weighted by Crippen LogP contribution is 2.42. The van der Waals surface area contributed by atoms with Crippen molar-refractivity contribution in [2.75, 3.05) is 55.4 Å². The number of ether oxygens (including phenoxy) is 1. The summed E-state index contributed by atoms with van der Waals surface area (Å²) in [7, 11) is -3.06. The summed E-state index contributed by atoms with van der Waals surface area (Å²) >= 11 is 8.22. The van der Waals surface area contributed by atoms with Gasteiger partial charge in [0.25, 0.3) is 0 Å². The largest absolute Gasteiger partial charge is 0.381 e. The van der Waals surface area contributed by atoms with E-state index in [0.717, 1.165) is 67.0 Å². The average Bonchev–Trinajstić information content (AvgIpc) is 3.46. The maximum Gasteiger partial charge on any atom is 0.211 e. The zero-order chi connectivity index (χ0) is 24.2. The van der Waals surface area contributed by atoms with Crippen LogP contribution in [0.15, 0.2) is 40.6 Å². The second-order valence-corrected chi connectivity index (χ2v) is 13.5. The predicted molar refractivity (Wildman–Crippen MR) is 137 cm³/mol. The zero-order valence-corrected chi connectivity index (χ0v) is 21.8. The highest BCUT2D eigenvalue weighted by Gasteiger charge is 2.39. The number of imidazole rings is 1. The van der Waals surface area contributed by atoms with Crippen LogP contribution in [-0.4, -0.2) is 78.7 Å². The molecule has 12 heteroatoms. The van der Waals surface area contributed by atoms with Crippen molar-refractivity contribution >= 4 is 50.6 Å². The fourth-order valence-corrected chi connectivity index (χ4v) is 7.27. The third-order valence-electron chi connectivity index (χ3n) is 7.47. The lowest BCUT2D eigenvalue weighted by atomic mass is 9.78. The molecule has 0 bridgehead atoms. The summed E-state index contributed by atoms with van der Waals surface area (Å²) in [6.07, 6.45) is 12.0. The van der Waals surface area contributed by atoms with E-state index >= 15 is 0 Å². The van der Waals surface area contributed by atoms with Crippen LogP contribution in [0.5, 0.6) is 0 Å². The molecule has 6 rings (SSSR count). The fraction of sp³-hybridized carbons (Fsp3) is 0.522. The Morgan fingerprint density at radius 2 is 1.89 bits per heavy atom. The normalized spacial score (nSPS) is 20.6. The van der Waals surface area contributed by atoms with Crippen LogP contribution in [0, 0.1) is 5.41 Å². The highest BCUT2D eigenvalue weighted by molar-refractivity contribution is 7.99. The molecule has 3 saturated heterocycles. The van der Waals surface area contributed by atoms with Crippen molar-refractivity contribution < 1.29 is 13.2 Å². The molecule has 3 aromatic rings. The number of piperidine rings is 1. The van der Waals surface area contributed by atoms with Crippen molar-refractivity contribution in [3.8, 4) is 0 Å². The van der Waals surface area contributed by atoms with Gasteiger partial charge in [-0.2, -0.15) is 0 Å². The third kappa shape index (κ3) is 4.26. The summed E-state index contributed by atoms with van der Waals surface area (Å²) in [5, 5.41) is 0.141. The van der Waals surface area contributed by atoms with Crippen LogP contribution in [-0.2, 0) is 14.6 Å². The van der Waals surface area contributed by atoms with Gasteiger partial charge >= 0.3 is 0 Å². The molecule has 0 N–H and O–H groups in total. The Bertz CT molecular complexity index is 1360. The lowest BCUT2D eigenvalue weighted by Gasteiger charge is -2.39. The van der Waals surface area contributed by atoms with E-state index in [0.29, 0.717) is 29.3 Å². The third-order valence-corrected chi connectivity index (χ3v) is 10.5. The van der Waals surface area contributed by atoms with Gasteiger partial charge < -0.3 is 14.5 Å². The molecule has 3 aromatic heterocycles. The minimum absolute atomic E-state index is 0.341. The van der Waals surface area contributed by atoms with Crippen molar-refractivity contribution in [3.05, 3.63) is 35.9 Å². The topological polar surface area (TPSA) is 92.9 Å². The Morgan fingerprint density at radius 1 is 1.09 bits per heavy atom. The minimum atomic E-state index is -3.06. The number of halogens is 1. The average molecular weight is 535 g/mol. The van der Waals surface area contributed by atoms with Crippen LogP contribution >= 0.6 is 23.4 Å². The van der Waals surface area contributed by atoms with E-state index < -0.39 is 9.84 Å². The molecule has 3 aliphatic rings. The zero-order valence-electron chi connectivity index (χ0n) is 19.4. The van der Waals surface area contributed by atoms with Crippen LogP contribution in [0.1, 0.15) is 19.3 Å². The van der Waals surface area contributed by atoms with Crippen molar-refractivity contribution in [1.82, 2.24) is 19.4 Å². The van der Waals surface area contributed by atoms with Gasteiger partial charge in [0.05, 0.1) is 21.8 Å². The smallest absolute Gasteiger partial charge is 0.211 e. The molecular formula is C23H27ClN6O3S2. The first-order chi connectivity index (χ1) is 16.8. The van der Waals surface area contributed by atoms with Crippen LogP contribution in [0.4, 0.5) is 11.8 Å². The molecule has 1 spiro atoms. The lowest BCUT2D eigenvalue weighted by Crippen LogP contribution is -2.55. The summed E-state index contributed by atoms with van der Waals surface area (Å²) in [6, 6.07) is 1.87. The van der Waals surface area contributed by atoms with E-state index in [2.05, 4.69) is 14.9 Å². The lowest BCUT2D eigenvalue weighted by molar-refractivity contribution is 0.133. The van der Waals surface area contributed by atoms with Gasteiger partial charge in [-0.15, -0.1) is 0 Å². The molecule has 3 aliphatic heterocycles. The quantitative estimate of drug-likeness (QED) is 0.489. The number of hydrogen-bond acceptors (Lipinski definition) is 9. The molecule has 3 fully saturated rings. The van der Waals surface area contributed by atoms with Gasteiger partial charge in [-0.05, 0) is 30.7 Å². The van der Waals surface area contributed by atoms with Crippen molar-refractivity contribution in [2.24, 2.45) is 5.41 Å². The van der Waals surface area contributed by atoms with E-state index in [-0.39, 0.29) is 5.25 Å². The molecule has 0 saturated carbocycles. The fourth-order valence-electron chi connectivity index (χ4n) is 5.13. The summed E-state index contributed by atoms with van der Waals surface area (Å²) < 4.78 is 31.3. The molecule has 0 aliphatic carbocycles. The van der Waals surface area contributed by atoms with Gasteiger partial charge in [-0.1, -0.05) is 23.4 Å². The predicted octanol–water partition coefficient (Wildman–Crippen LogP) is 3.17. The first kappa shape index (κ1) is 23.3. The standard InChI is InChI=1S/C23H27ClN6O3S2/c1-35(31,32)16-13-29(14-16)21-19(24)17(2-6-25-21)34-18-12-27-22(30-10-7-26-20(18)30)28-8-3-23(4-9-28)5-11-33-15-23/h2,6-7,10,12,16H,3-5,8-9,11,13-15H2,1H3. The molecule has 6 heterocycles. The number of fused-ring (bicyclic) bond motifs is 1. The molecule has 0 radical (unpaired) electrons. The Morgan fingerprint density at radius 3 is 2.60 bits per heavy atom. The van der Waals surface area contributed by atoms with E-state index in [9.17, 15) is 8.42 Å². The Hall–Kier alpha value is -2.08. The maximum absolute atomic E-state index is 11.8. The Kier molecular flexibility index (Phi) is 5.86. The minimum Gasteiger partial charge on any atom is -0.381 e. The second kappa shape index (κ2) is 8.79. The van der Waals surface area contributed by atoms with Gasteiger partial charge in [0.15, 0.2) is 15.5 Å². The SMILES string of the molecule is CS(=O)(=O)C1CN(c2nccc(Sc3cnc(N4CCC5(CCOC5)CC4)n4ccnc34)c2Cl)C1. The number of aromatic nitrogens is 4. The number of pyridine rings is 1. The number of hydrogen-bond donors (Lipinski definition) is 0. The van der Waals surface area contributed by atoms with E-state index in [1.807, 2.05) is 27.8 Å². The summed E-state index contributed by atoms with van der Waals surface area (Å²) in [4.78, 5) is 19.8. The first-order valence-electron chi connectivity index (χ1n) is 11.7. The van der Waals surface area contributed by atoms with Gasteiger partial charge in [0.2, 0.25) is 5.95 Å². The van der Waals surface area contributed by atoms with Crippen LogP contribution < -0.4 is 9.80 Å². The monoisotopic (exact) mass is 534 g/mol. The highest BCUT2D eigenvalue weighted by atomic mass is 35.5. The molecule has 0 aromatic carbocycles. The second-order valence-electron chi connectivity index (χ2n) is 9.74. The Labute approximate surface area is 213 Å². The molecule has 186 valence electrons. The molecule has 9 nitrogen and oxygen atoms in total. The number of sulfone groups is 1. The maximum atomic E-state index is 11.8. The van der Waals surface area contributed by atoms with Gasteiger partial charge in [-0.25, -0.2) is 23.4 Å². The van der Waals surface area contributed by atoms with Gasteiger partial charge in [0, 0.05) is 68.7 Å². The van der Waals surface area contributed by atoms with Gasteiger partial charge in [-0.3, -0.25) is 4.40 Å². The van der Waals surface area contributed by atoms with Crippen LogP contribution in [0.2, 0.25) is 5.02 Å². The summed E-state index contributed by atoms with van der Waals surface area (Å²) in [5.74, 6) is 1.52. The molecule has 35 heavy (non-hydrogen) atoms. The number of nitrogens with zero attached hydrogens (tertiary/aromatic N) is 6. The summed E-state index contributed by atoms with van der Waals surface area (Å²) in [6.45, 7) is 4.49. The summed E-state index contributed by atoms with van der Waals surface area (Å²) in [5.41, 5.74) is 1.17. The van der Waals surface area contributed by atoms with Crippen molar-refractivity contribution in [2.45, 2.75) is 34.3 Å². The first-order valence-corrected chi connectivity index (χ1v) is 14.9. The number of rotatable bonds is 5. The van der Waals surface area contributed by atoms with Crippen LogP contribution in [0.3, 0.4) is 0 Å². The van der Waals surface area contributed by atoms with Crippen LogP contribution in [0.25, 0.3) is 5.65 Å². The van der Waals surface area contributed by atoms with E-state index in [1.165, 1.54) is 18.0 Å². The molecule has 0 amide bonds. The molecule has 0 unspecified atom stereocenters. The number of anilines is 2. The van der Waals surface area contributed by atoms with Gasteiger partial charge in [0.1, 0.15) is 5.82 Å². The van der Waals surface area contributed by atoms with E-state index in [1.54, 1.807) is 12.4 Å².